The number of hydrogen-bond donors (Lipinski definition) is 2. The van der Waals surface area contributed by atoms with Crippen LogP contribution in [0.1, 0.15) is 46.4 Å². The SMILES string of the molecule is O=C(COc1cccc2c1C(=O)N(C1CCC(=O)NC1=O)C2=O)NCCCCn1ccnn1. The Labute approximate surface area is 188 Å². The molecule has 12 nitrogen and oxygen atoms in total. The number of fused-ring (bicyclic) bond motifs is 1. The van der Waals surface area contributed by atoms with Crippen LogP contribution in [0.3, 0.4) is 0 Å². The number of benzene rings is 1. The summed E-state index contributed by atoms with van der Waals surface area (Å²) >= 11 is 0. The fraction of sp³-hybridized carbons (Fsp3) is 0.381. The second kappa shape index (κ2) is 9.59. The zero-order valence-electron chi connectivity index (χ0n) is 17.7. The Morgan fingerprint density at radius 2 is 2.03 bits per heavy atom. The average molecular weight is 454 g/mol. The third-order valence-corrected chi connectivity index (χ3v) is 5.40. The summed E-state index contributed by atoms with van der Waals surface area (Å²) in [5, 5.41) is 12.5. The molecule has 0 aliphatic carbocycles. The van der Waals surface area contributed by atoms with Gasteiger partial charge in [-0.2, -0.15) is 0 Å². The summed E-state index contributed by atoms with van der Waals surface area (Å²) in [5.41, 5.74) is 0.101. The molecule has 1 aromatic carbocycles. The lowest BCUT2D eigenvalue weighted by molar-refractivity contribution is -0.136. The van der Waals surface area contributed by atoms with Gasteiger partial charge in [-0.15, -0.1) is 5.10 Å². The highest BCUT2D eigenvalue weighted by atomic mass is 16.5. The fourth-order valence-corrected chi connectivity index (χ4v) is 3.78. The monoisotopic (exact) mass is 454 g/mol. The maximum absolute atomic E-state index is 13.0. The number of amides is 5. The van der Waals surface area contributed by atoms with Gasteiger partial charge in [-0.1, -0.05) is 11.3 Å². The van der Waals surface area contributed by atoms with Crippen LogP contribution >= 0.6 is 0 Å². The van der Waals surface area contributed by atoms with Gasteiger partial charge in [0.15, 0.2) is 6.61 Å². The van der Waals surface area contributed by atoms with Gasteiger partial charge in [-0.25, -0.2) is 0 Å². The topological polar surface area (TPSA) is 153 Å². The van der Waals surface area contributed by atoms with E-state index in [1.807, 2.05) is 0 Å². The zero-order chi connectivity index (χ0) is 23.4. The Morgan fingerprint density at radius 3 is 2.79 bits per heavy atom. The molecule has 1 atom stereocenters. The molecule has 0 spiro atoms. The molecule has 1 unspecified atom stereocenters. The average Bonchev–Trinajstić information content (AvgIpc) is 3.40. The second-order valence-electron chi connectivity index (χ2n) is 7.64. The van der Waals surface area contributed by atoms with Gasteiger partial charge in [0.1, 0.15) is 11.8 Å². The first-order chi connectivity index (χ1) is 16.0. The maximum Gasteiger partial charge on any atom is 0.266 e. The van der Waals surface area contributed by atoms with Crippen molar-refractivity contribution in [3.05, 3.63) is 41.7 Å². The van der Waals surface area contributed by atoms with E-state index in [1.54, 1.807) is 17.1 Å². The predicted molar refractivity (Wildman–Crippen MR) is 111 cm³/mol. The molecular weight excluding hydrogens is 432 g/mol. The number of carbonyl (C=O) groups is 5. The van der Waals surface area contributed by atoms with Crippen molar-refractivity contribution in [1.29, 1.82) is 0 Å². The standard InChI is InChI=1S/C21H22N6O6/c28-16-7-6-14(19(30)24-16)27-20(31)13-4-3-5-15(18(13)21(27)32)33-12-17(29)22-8-1-2-10-26-11-9-23-25-26/h3-5,9,11,14H,1-2,6-8,10,12H2,(H,22,29)(H,24,28,30). The molecule has 2 aromatic rings. The molecule has 3 heterocycles. The highest BCUT2D eigenvalue weighted by Gasteiger charge is 2.46. The molecule has 1 saturated heterocycles. The van der Waals surface area contributed by atoms with E-state index in [9.17, 15) is 24.0 Å². The Bertz CT molecular complexity index is 1100. The Balaban J connectivity index is 1.32. The lowest BCUT2D eigenvalue weighted by Gasteiger charge is -2.27. The van der Waals surface area contributed by atoms with Crippen molar-refractivity contribution < 1.29 is 28.7 Å². The van der Waals surface area contributed by atoms with E-state index >= 15 is 0 Å². The first-order valence-corrected chi connectivity index (χ1v) is 10.5. The smallest absolute Gasteiger partial charge is 0.266 e. The fourth-order valence-electron chi connectivity index (χ4n) is 3.78. The van der Waals surface area contributed by atoms with Crippen molar-refractivity contribution in [1.82, 2.24) is 30.5 Å². The van der Waals surface area contributed by atoms with E-state index in [-0.39, 0.29) is 42.2 Å². The number of nitrogens with one attached hydrogen (secondary N) is 2. The molecule has 4 rings (SSSR count). The van der Waals surface area contributed by atoms with Crippen molar-refractivity contribution in [3.8, 4) is 5.75 Å². The molecule has 2 N–H and O–H groups in total. The third kappa shape index (κ3) is 4.73. The van der Waals surface area contributed by atoms with Gasteiger partial charge < -0.3 is 10.1 Å². The number of carbonyl (C=O) groups excluding carboxylic acids is 5. The van der Waals surface area contributed by atoms with E-state index in [0.29, 0.717) is 13.1 Å². The number of nitrogens with zero attached hydrogens (tertiary/aromatic N) is 4. The Hall–Kier alpha value is -4.09. The summed E-state index contributed by atoms with van der Waals surface area (Å²) in [6.07, 6.45) is 5.00. The molecule has 1 aromatic heterocycles. The highest BCUT2D eigenvalue weighted by molar-refractivity contribution is 6.24. The van der Waals surface area contributed by atoms with Crippen molar-refractivity contribution in [2.24, 2.45) is 0 Å². The van der Waals surface area contributed by atoms with Crippen molar-refractivity contribution >= 4 is 29.5 Å². The summed E-state index contributed by atoms with van der Waals surface area (Å²) in [6.45, 7) is 0.812. The Morgan fingerprint density at radius 1 is 1.18 bits per heavy atom. The maximum atomic E-state index is 13.0. The number of piperidine rings is 1. The number of imide groups is 2. The molecule has 1 fully saturated rings. The van der Waals surface area contributed by atoms with E-state index in [0.717, 1.165) is 17.7 Å². The predicted octanol–water partition coefficient (Wildman–Crippen LogP) is -0.345. The van der Waals surface area contributed by atoms with Gasteiger partial charge >= 0.3 is 0 Å². The first kappa shape index (κ1) is 22.1. The summed E-state index contributed by atoms with van der Waals surface area (Å²) in [4.78, 5) is 62.4. The highest BCUT2D eigenvalue weighted by Crippen LogP contribution is 2.33. The van der Waals surface area contributed by atoms with Crippen LogP contribution in [-0.2, 0) is 20.9 Å². The van der Waals surface area contributed by atoms with E-state index in [4.69, 9.17) is 4.74 Å². The van der Waals surface area contributed by atoms with Crippen LogP contribution in [0.5, 0.6) is 5.75 Å². The van der Waals surface area contributed by atoms with Gasteiger partial charge in [0, 0.05) is 25.7 Å². The van der Waals surface area contributed by atoms with Crippen molar-refractivity contribution in [3.63, 3.8) is 0 Å². The van der Waals surface area contributed by atoms with Gasteiger partial charge in [-0.3, -0.25) is 38.9 Å². The van der Waals surface area contributed by atoms with Crippen LogP contribution in [0.15, 0.2) is 30.6 Å². The summed E-state index contributed by atoms with van der Waals surface area (Å²) < 4.78 is 7.24. The number of ether oxygens (including phenoxy) is 1. The molecular formula is C21H22N6O6. The molecule has 33 heavy (non-hydrogen) atoms. The number of unbranched alkanes of at least 4 members (excludes halogenated alkanes) is 1. The number of hydrogen-bond acceptors (Lipinski definition) is 8. The Kier molecular flexibility index (Phi) is 6.43. The molecule has 5 amide bonds. The molecule has 12 heteroatoms. The van der Waals surface area contributed by atoms with Crippen molar-refractivity contribution in [2.45, 2.75) is 38.3 Å². The molecule has 0 radical (unpaired) electrons. The molecule has 0 bridgehead atoms. The third-order valence-electron chi connectivity index (χ3n) is 5.40. The summed E-state index contributed by atoms with van der Waals surface area (Å²) in [6, 6.07) is 3.42. The largest absolute Gasteiger partial charge is 0.483 e. The van der Waals surface area contributed by atoms with Crippen LogP contribution in [0.25, 0.3) is 0 Å². The molecule has 0 saturated carbocycles. The van der Waals surface area contributed by atoms with Gasteiger partial charge in [0.25, 0.3) is 17.7 Å². The zero-order valence-corrected chi connectivity index (χ0v) is 17.7. The lowest BCUT2D eigenvalue weighted by Crippen LogP contribution is -2.54. The first-order valence-electron chi connectivity index (χ1n) is 10.5. The van der Waals surface area contributed by atoms with E-state index in [2.05, 4.69) is 20.9 Å². The molecule has 172 valence electrons. The van der Waals surface area contributed by atoms with Crippen LogP contribution < -0.4 is 15.4 Å². The lowest BCUT2D eigenvalue weighted by atomic mass is 10.0. The van der Waals surface area contributed by atoms with Gasteiger partial charge in [-0.05, 0) is 31.4 Å². The van der Waals surface area contributed by atoms with Crippen LogP contribution in [0.2, 0.25) is 0 Å². The summed E-state index contributed by atoms with van der Waals surface area (Å²) in [5.74, 6) is -2.73. The van der Waals surface area contributed by atoms with E-state index < -0.39 is 29.7 Å². The quantitative estimate of drug-likeness (QED) is 0.385. The normalized spacial score (nSPS) is 17.7. The minimum absolute atomic E-state index is 0.00725. The number of aromatic nitrogens is 3. The minimum atomic E-state index is -1.07. The second-order valence-corrected chi connectivity index (χ2v) is 7.64. The molecule has 2 aliphatic heterocycles. The van der Waals surface area contributed by atoms with E-state index in [1.165, 1.54) is 18.2 Å². The molecule has 2 aliphatic rings. The number of rotatable bonds is 9. The minimum Gasteiger partial charge on any atom is -0.483 e. The van der Waals surface area contributed by atoms with Crippen molar-refractivity contribution in [2.75, 3.05) is 13.2 Å². The van der Waals surface area contributed by atoms with Gasteiger partial charge in [0.2, 0.25) is 11.8 Å². The van der Waals surface area contributed by atoms with Crippen LogP contribution in [0, 0.1) is 0 Å². The summed E-state index contributed by atoms with van der Waals surface area (Å²) in [7, 11) is 0. The van der Waals surface area contributed by atoms with Crippen LogP contribution in [0.4, 0.5) is 0 Å². The number of aryl methyl sites for hydroxylation is 1. The van der Waals surface area contributed by atoms with Crippen LogP contribution in [-0.4, -0.2) is 68.6 Å². The van der Waals surface area contributed by atoms with Gasteiger partial charge in [0.05, 0.1) is 17.3 Å².